The van der Waals surface area contributed by atoms with Gasteiger partial charge in [0.05, 0.1) is 6.54 Å². The smallest absolute Gasteiger partial charge is 0.312 e. The predicted octanol–water partition coefficient (Wildman–Crippen LogP) is 0.452. The van der Waals surface area contributed by atoms with E-state index < -0.39 is 6.03 Å². The monoisotopic (exact) mass is 246 g/mol. The topological polar surface area (TPSA) is 100 Å². The van der Waals surface area contributed by atoms with E-state index in [1.54, 1.807) is 0 Å². The SMILES string of the molecule is NC(=O)NCC(=O)NCc1cccc2[nH]ccc12. The molecule has 1 heterocycles. The Morgan fingerprint density at radius 3 is 2.83 bits per heavy atom. The second kappa shape index (κ2) is 5.22. The summed E-state index contributed by atoms with van der Waals surface area (Å²) in [4.78, 5) is 25.0. The molecule has 0 aliphatic heterocycles. The highest BCUT2D eigenvalue weighted by Crippen LogP contribution is 2.16. The van der Waals surface area contributed by atoms with E-state index in [2.05, 4.69) is 15.6 Å². The third-order valence-corrected chi connectivity index (χ3v) is 2.58. The first kappa shape index (κ1) is 12.0. The fourth-order valence-electron chi connectivity index (χ4n) is 1.73. The van der Waals surface area contributed by atoms with Crippen LogP contribution in [0.25, 0.3) is 10.9 Å². The molecule has 1 aromatic carbocycles. The molecule has 3 amide bonds. The van der Waals surface area contributed by atoms with Crippen molar-refractivity contribution in [3.05, 3.63) is 36.0 Å². The quantitative estimate of drug-likeness (QED) is 0.629. The number of nitrogens with two attached hydrogens (primary N) is 1. The van der Waals surface area contributed by atoms with Gasteiger partial charge in [-0.15, -0.1) is 0 Å². The van der Waals surface area contributed by atoms with Crippen LogP contribution in [0.5, 0.6) is 0 Å². The molecule has 6 nitrogen and oxygen atoms in total. The zero-order valence-corrected chi connectivity index (χ0v) is 9.69. The minimum atomic E-state index is -0.710. The summed E-state index contributed by atoms with van der Waals surface area (Å²) in [7, 11) is 0. The van der Waals surface area contributed by atoms with Crippen LogP contribution in [-0.4, -0.2) is 23.5 Å². The van der Waals surface area contributed by atoms with Gasteiger partial charge in [0.25, 0.3) is 0 Å². The third kappa shape index (κ3) is 2.79. The number of amides is 3. The number of H-pyrrole nitrogens is 1. The van der Waals surface area contributed by atoms with Gasteiger partial charge in [-0.1, -0.05) is 12.1 Å². The van der Waals surface area contributed by atoms with Crippen molar-refractivity contribution in [2.75, 3.05) is 6.54 Å². The van der Waals surface area contributed by atoms with E-state index in [0.717, 1.165) is 16.5 Å². The Labute approximate surface area is 104 Å². The molecule has 2 aromatic rings. The van der Waals surface area contributed by atoms with E-state index in [-0.39, 0.29) is 12.5 Å². The van der Waals surface area contributed by atoms with E-state index in [1.165, 1.54) is 0 Å². The van der Waals surface area contributed by atoms with Gasteiger partial charge in [-0.25, -0.2) is 4.79 Å². The number of benzene rings is 1. The zero-order chi connectivity index (χ0) is 13.0. The van der Waals surface area contributed by atoms with Gasteiger partial charge < -0.3 is 21.4 Å². The van der Waals surface area contributed by atoms with Crippen LogP contribution in [0.4, 0.5) is 4.79 Å². The van der Waals surface area contributed by atoms with Gasteiger partial charge in [0.2, 0.25) is 5.91 Å². The molecule has 0 atom stereocenters. The summed E-state index contributed by atoms with van der Waals surface area (Å²) < 4.78 is 0. The van der Waals surface area contributed by atoms with Gasteiger partial charge in [0.15, 0.2) is 0 Å². The summed E-state index contributed by atoms with van der Waals surface area (Å²) in [6, 6.07) is 7.08. The maximum absolute atomic E-state index is 11.4. The summed E-state index contributed by atoms with van der Waals surface area (Å²) in [6.45, 7) is 0.299. The van der Waals surface area contributed by atoms with E-state index in [0.29, 0.717) is 6.54 Å². The second-order valence-electron chi connectivity index (χ2n) is 3.85. The van der Waals surface area contributed by atoms with Gasteiger partial charge in [-0.3, -0.25) is 4.79 Å². The predicted molar refractivity (Wildman–Crippen MR) is 67.7 cm³/mol. The van der Waals surface area contributed by atoms with Crippen molar-refractivity contribution < 1.29 is 9.59 Å². The molecule has 1 aromatic heterocycles. The first-order valence-corrected chi connectivity index (χ1v) is 5.52. The van der Waals surface area contributed by atoms with Crippen molar-refractivity contribution in [3.8, 4) is 0 Å². The summed E-state index contributed by atoms with van der Waals surface area (Å²) >= 11 is 0. The number of urea groups is 1. The minimum absolute atomic E-state index is 0.113. The van der Waals surface area contributed by atoms with Gasteiger partial charge >= 0.3 is 6.03 Å². The molecule has 0 aliphatic carbocycles. The van der Waals surface area contributed by atoms with Crippen LogP contribution in [0.1, 0.15) is 5.56 Å². The van der Waals surface area contributed by atoms with Crippen LogP contribution in [0.2, 0.25) is 0 Å². The van der Waals surface area contributed by atoms with Crippen molar-refractivity contribution in [2.45, 2.75) is 6.54 Å². The Morgan fingerprint density at radius 1 is 1.22 bits per heavy atom. The fourth-order valence-corrected chi connectivity index (χ4v) is 1.73. The maximum atomic E-state index is 11.4. The first-order valence-electron chi connectivity index (χ1n) is 5.52. The lowest BCUT2D eigenvalue weighted by Crippen LogP contribution is -2.39. The fraction of sp³-hybridized carbons (Fsp3) is 0.167. The molecular formula is C12H14N4O2. The lowest BCUT2D eigenvalue weighted by atomic mass is 10.1. The summed E-state index contributed by atoms with van der Waals surface area (Å²) in [5, 5.41) is 6.02. The molecule has 94 valence electrons. The standard InChI is InChI=1S/C12H14N4O2/c13-12(18)16-7-11(17)15-6-8-2-1-3-10-9(8)4-5-14-10/h1-5,14H,6-7H2,(H,15,17)(H3,13,16,18). The van der Waals surface area contributed by atoms with E-state index in [1.807, 2.05) is 30.5 Å². The highest BCUT2D eigenvalue weighted by atomic mass is 16.2. The first-order chi connectivity index (χ1) is 8.66. The summed E-state index contributed by atoms with van der Waals surface area (Å²) in [5.41, 5.74) is 6.91. The minimum Gasteiger partial charge on any atom is -0.361 e. The average Bonchev–Trinajstić information content (AvgIpc) is 2.82. The Hall–Kier alpha value is -2.50. The van der Waals surface area contributed by atoms with E-state index >= 15 is 0 Å². The molecule has 5 N–H and O–H groups in total. The average molecular weight is 246 g/mol. The van der Waals surface area contributed by atoms with Crippen LogP contribution in [0, 0.1) is 0 Å². The van der Waals surface area contributed by atoms with Crippen molar-refractivity contribution >= 4 is 22.8 Å². The third-order valence-electron chi connectivity index (χ3n) is 2.58. The molecule has 0 fully saturated rings. The summed E-state index contributed by atoms with van der Waals surface area (Å²) in [5.74, 6) is -0.277. The number of carbonyl (C=O) groups excluding carboxylic acids is 2. The molecule has 0 radical (unpaired) electrons. The molecule has 18 heavy (non-hydrogen) atoms. The maximum Gasteiger partial charge on any atom is 0.312 e. The molecule has 6 heteroatoms. The largest absolute Gasteiger partial charge is 0.361 e. The normalized spacial score (nSPS) is 10.2. The number of aromatic nitrogens is 1. The number of hydrogen-bond acceptors (Lipinski definition) is 2. The molecule has 0 spiro atoms. The van der Waals surface area contributed by atoms with Crippen LogP contribution in [0.15, 0.2) is 30.5 Å². The molecular weight excluding hydrogens is 232 g/mol. The number of hydrogen-bond donors (Lipinski definition) is 4. The Morgan fingerprint density at radius 2 is 2.06 bits per heavy atom. The van der Waals surface area contributed by atoms with Crippen molar-refractivity contribution in [1.82, 2.24) is 15.6 Å². The molecule has 0 bridgehead atoms. The second-order valence-corrected chi connectivity index (χ2v) is 3.85. The highest BCUT2D eigenvalue weighted by molar-refractivity contribution is 5.85. The number of fused-ring (bicyclic) bond motifs is 1. The number of primary amides is 1. The Kier molecular flexibility index (Phi) is 3.47. The van der Waals surface area contributed by atoms with Crippen LogP contribution < -0.4 is 16.4 Å². The van der Waals surface area contributed by atoms with Gasteiger partial charge in [-0.2, -0.15) is 0 Å². The molecule has 0 aliphatic rings. The van der Waals surface area contributed by atoms with Crippen molar-refractivity contribution in [1.29, 1.82) is 0 Å². The highest BCUT2D eigenvalue weighted by Gasteiger charge is 2.05. The number of aromatic amines is 1. The molecule has 0 saturated carbocycles. The Balaban J connectivity index is 1.96. The number of rotatable bonds is 4. The van der Waals surface area contributed by atoms with Gasteiger partial charge in [0, 0.05) is 23.6 Å². The number of carbonyl (C=O) groups is 2. The zero-order valence-electron chi connectivity index (χ0n) is 9.69. The molecule has 0 saturated heterocycles. The Bertz CT molecular complexity index is 576. The number of nitrogens with one attached hydrogen (secondary N) is 3. The lowest BCUT2D eigenvalue weighted by Gasteiger charge is -2.06. The van der Waals surface area contributed by atoms with Crippen molar-refractivity contribution in [3.63, 3.8) is 0 Å². The van der Waals surface area contributed by atoms with Crippen LogP contribution in [0.3, 0.4) is 0 Å². The molecule has 2 rings (SSSR count). The van der Waals surface area contributed by atoms with E-state index in [9.17, 15) is 9.59 Å². The molecule has 0 unspecified atom stereocenters. The summed E-state index contributed by atoms with van der Waals surface area (Å²) in [6.07, 6.45) is 1.85. The lowest BCUT2D eigenvalue weighted by molar-refractivity contribution is -0.120. The van der Waals surface area contributed by atoms with Crippen molar-refractivity contribution in [2.24, 2.45) is 5.73 Å². The van der Waals surface area contributed by atoms with Gasteiger partial charge in [-0.05, 0) is 17.7 Å². The van der Waals surface area contributed by atoms with Crippen LogP contribution in [-0.2, 0) is 11.3 Å². The van der Waals surface area contributed by atoms with E-state index in [4.69, 9.17) is 5.73 Å². The van der Waals surface area contributed by atoms with Gasteiger partial charge in [0.1, 0.15) is 0 Å². The van der Waals surface area contributed by atoms with Crippen LogP contribution >= 0.6 is 0 Å².